The molecule has 5 nitrogen and oxygen atoms in total. The molecule has 8 heteroatoms. The first kappa shape index (κ1) is 15.0. The number of aromatic nitrogens is 4. The number of H-pyrrole nitrogens is 1. The van der Waals surface area contributed by atoms with Crippen molar-refractivity contribution in [1.82, 2.24) is 20.4 Å². The number of halogens is 3. The average Bonchev–Trinajstić information content (AvgIpc) is 3.07. The van der Waals surface area contributed by atoms with Gasteiger partial charge in [0.1, 0.15) is 12.3 Å². The number of nitrogens with zero attached hydrogens (tertiary/aromatic N) is 3. The second-order valence-electron chi connectivity index (χ2n) is 4.72. The van der Waals surface area contributed by atoms with Crippen molar-refractivity contribution < 1.29 is 17.9 Å². The Morgan fingerprint density at radius 3 is 2.74 bits per heavy atom. The molecule has 118 valence electrons. The summed E-state index contributed by atoms with van der Waals surface area (Å²) in [6.45, 7) is 0.0972. The molecule has 0 spiro atoms. The number of aromatic amines is 1. The van der Waals surface area contributed by atoms with E-state index >= 15 is 0 Å². The van der Waals surface area contributed by atoms with Crippen LogP contribution in [0.5, 0.6) is 5.88 Å². The minimum absolute atomic E-state index is 0.0772. The van der Waals surface area contributed by atoms with Crippen LogP contribution in [0.4, 0.5) is 13.2 Å². The number of hydrogen-bond acceptors (Lipinski definition) is 4. The van der Waals surface area contributed by atoms with Crippen molar-refractivity contribution in [3.63, 3.8) is 0 Å². The van der Waals surface area contributed by atoms with Gasteiger partial charge in [0.2, 0.25) is 5.88 Å². The zero-order valence-corrected chi connectivity index (χ0v) is 11.7. The van der Waals surface area contributed by atoms with Gasteiger partial charge >= 0.3 is 6.18 Å². The van der Waals surface area contributed by atoms with Crippen LogP contribution in [-0.2, 0) is 12.8 Å². The van der Waals surface area contributed by atoms with E-state index in [1.165, 1.54) is 0 Å². The molecule has 0 aliphatic carbocycles. The zero-order chi connectivity index (χ0) is 16.3. The summed E-state index contributed by atoms with van der Waals surface area (Å²) in [6.07, 6.45) is -1.77. The second-order valence-corrected chi connectivity index (χ2v) is 4.72. The fourth-order valence-corrected chi connectivity index (χ4v) is 1.98. The molecule has 0 saturated heterocycles. The first-order valence-corrected chi connectivity index (χ1v) is 6.63. The number of nitrogens with one attached hydrogen (secondary N) is 1. The maximum Gasteiger partial charge on any atom is 0.416 e. The highest BCUT2D eigenvalue weighted by Gasteiger charge is 2.30. The third-order valence-corrected chi connectivity index (χ3v) is 3.09. The van der Waals surface area contributed by atoms with Crippen LogP contribution in [-0.4, -0.2) is 20.4 Å². The van der Waals surface area contributed by atoms with Gasteiger partial charge in [0.15, 0.2) is 0 Å². The number of ether oxygens (including phenoxy) is 1. The number of benzene rings is 1. The third-order valence-electron chi connectivity index (χ3n) is 3.09. The van der Waals surface area contributed by atoms with Crippen molar-refractivity contribution in [2.24, 2.45) is 0 Å². The van der Waals surface area contributed by atoms with Gasteiger partial charge in [-0.05, 0) is 17.7 Å². The largest absolute Gasteiger partial charge is 0.473 e. The van der Waals surface area contributed by atoms with E-state index in [1.54, 1.807) is 12.3 Å². The van der Waals surface area contributed by atoms with E-state index in [1.807, 2.05) is 18.2 Å². The number of rotatable bonds is 4. The van der Waals surface area contributed by atoms with Crippen molar-refractivity contribution in [2.45, 2.75) is 12.8 Å². The molecule has 1 aromatic carbocycles. The van der Waals surface area contributed by atoms with E-state index in [4.69, 9.17) is 4.74 Å². The van der Waals surface area contributed by atoms with Gasteiger partial charge in [-0.15, -0.1) is 0 Å². The Bertz CT molecular complexity index is 787. The standard InChI is InChI=1S/C15H11F3N4O/c16-15(17,18)12-4-5-19-14(7-12)23-9-10-2-1-3-11(6-10)13-8-20-22-21-13/h1-8H,9H2,(H,20,21,22). The van der Waals surface area contributed by atoms with Crippen LogP contribution >= 0.6 is 0 Å². The van der Waals surface area contributed by atoms with E-state index in [-0.39, 0.29) is 12.5 Å². The number of hydrogen-bond donors (Lipinski definition) is 1. The summed E-state index contributed by atoms with van der Waals surface area (Å²) in [4.78, 5) is 3.79. The molecule has 3 rings (SSSR count). The van der Waals surface area contributed by atoms with Crippen molar-refractivity contribution in [1.29, 1.82) is 0 Å². The molecule has 0 amide bonds. The van der Waals surface area contributed by atoms with Crippen LogP contribution < -0.4 is 4.74 Å². The average molecular weight is 320 g/mol. The molecule has 0 radical (unpaired) electrons. The van der Waals surface area contributed by atoms with Gasteiger partial charge in [0.25, 0.3) is 0 Å². The fraction of sp³-hybridized carbons (Fsp3) is 0.133. The minimum atomic E-state index is -4.42. The summed E-state index contributed by atoms with van der Waals surface area (Å²) < 4.78 is 43.3. The van der Waals surface area contributed by atoms with Gasteiger partial charge in [-0.25, -0.2) is 4.98 Å². The summed E-state index contributed by atoms with van der Waals surface area (Å²) in [5, 5.41) is 10.2. The molecule has 23 heavy (non-hydrogen) atoms. The number of pyridine rings is 1. The lowest BCUT2D eigenvalue weighted by molar-refractivity contribution is -0.137. The van der Waals surface area contributed by atoms with Crippen LogP contribution in [0.25, 0.3) is 11.3 Å². The van der Waals surface area contributed by atoms with Gasteiger partial charge in [0.05, 0.1) is 11.8 Å². The number of alkyl halides is 3. The molecule has 2 heterocycles. The smallest absolute Gasteiger partial charge is 0.416 e. The van der Waals surface area contributed by atoms with Crippen molar-refractivity contribution >= 4 is 0 Å². The Hall–Kier alpha value is -2.90. The summed E-state index contributed by atoms with van der Waals surface area (Å²) in [6, 6.07) is 9.06. The minimum Gasteiger partial charge on any atom is -0.473 e. The summed E-state index contributed by atoms with van der Waals surface area (Å²) >= 11 is 0. The van der Waals surface area contributed by atoms with Crippen LogP contribution in [0.2, 0.25) is 0 Å². The molecule has 0 unspecified atom stereocenters. The predicted octanol–water partition coefficient (Wildman–Crippen LogP) is 3.46. The zero-order valence-electron chi connectivity index (χ0n) is 11.7. The Morgan fingerprint density at radius 1 is 1.13 bits per heavy atom. The lowest BCUT2D eigenvalue weighted by atomic mass is 10.1. The lowest BCUT2D eigenvalue weighted by Crippen LogP contribution is -2.06. The normalized spacial score (nSPS) is 11.4. The molecular weight excluding hydrogens is 309 g/mol. The Labute approximate surface area is 129 Å². The van der Waals surface area contributed by atoms with Crippen LogP contribution in [0, 0.1) is 0 Å². The molecular formula is C15H11F3N4O. The van der Waals surface area contributed by atoms with Gasteiger partial charge < -0.3 is 4.74 Å². The fourth-order valence-electron chi connectivity index (χ4n) is 1.98. The van der Waals surface area contributed by atoms with E-state index in [9.17, 15) is 13.2 Å². The highest BCUT2D eigenvalue weighted by atomic mass is 19.4. The Kier molecular flexibility index (Phi) is 3.96. The summed E-state index contributed by atoms with van der Waals surface area (Å²) in [5.74, 6) is -0.0772. The van der Waals surface area contributed by atoms with Crippen LogP contribution in [0.1, 0.15) is 11.1 Å². The maximum atomic E-state index is 12.6. The molecule has 0 saturated carbocycles. The third kappa shape index (κ3) is 3.65. The van der Waals surface area contributed by atoms with Crippen LogP contribution in [0.15, 0.2) is 48.8 Å². The highest BCUT2D eigenvalue weighted by molar-refractivity contribution is 5.58. The highest BCUT2D eigenvalue weighted by Crippen LogP contribution is 2.30. The molecule has 3 aromatic rings. The molecule has 0 fully saturated rings. The van der Waals surface area contributed by atoms with Gasteiger partial charge in [-0.3, -0.25) is 0 Å². The maximum absolute atomic E-state index is 12.6. The van der Waals surface area contributed by atoms with E-state index < -0.39 is 11.7 Å². The molecule has 1 N–H and O–H groups in total. The molecule has 0 aliphatic heterocycles. The van der Waals surface area contributed by atoms with Gasteiger partial charge in [0, 0.05) is 17.8 Å². The Morgan fingerprint density at radius 2 is 2.00 bits per heavy atom. The van der Waals surface area contributed by atoms with Gasteiger partial charge in [-0.2, -0.15) is 28.6 Å². The van der Waals surface area contributed by atoms with E-state index in [0.29, 0.717) is 5.69 Å². The second kappa shape index (κ2) is 6.07. The van der Waals surface area contributed by atoms with E-state index in [2.05, 4.69) is 20.4 Å². The molecule has 0 aliphatic rings. The van der Waals surface area contributed by atoms with Crippen molar-refractivity contribution in [3.8, 4) is 17.1 Å². The van der Waals surface area contributed by atoms with Gasteiger partial charge in [-0.1, -0.05) is 18.2 Å². The summed E-state index contributed by atoms with van der Waals surface area (Å²) in [5.41, 5.74) is 1.49. The molecule has 0 atom stereocenters. The van der Waals surface area contributed by atoms with E-state index in [0.717, 1.165) is 29.5 Å². The topological polar surface area (TPSA) is 63.7 Å². The van der Waals surface area contributed by atoms with Crippen LogP contribution in [0.3, 0.4) is 0 Å². The van der Waals surface area contributed by atoms with Crippen molar-refractivity contribution in [2.75, 3.05) is 0 Å². The predicted molar refractivity (Wildman–Crippen MR) is 75.4 cm³/mol. The Balaban J connectivity index is 1.73. The first-order chi connectivity index (χ1) is 11.0. The first-order valence-electron chi connectivity index (χ1n) is 6.63. The van der Waals surface area contributed by atoms with Crippen molar-refractivity contribution in [3.05, 3.63) is 59.9 Å². The monoisotopic (exact) mass is 320 g/mol. The molecule has 0 bridgehead atoms. The molecule has 2 aromatic heterocycles. The summed E-state index contributed by atoms with van der Waals surface area (Å²) in [7, 11) is 0. The SMILES string of the molecule is FC(F)(F)c1ccnc(OCc2cccc(-c3cn[nH]n3)c2)c1. The lowest BCUT2D eigenvalue weighted by Gasteiger charge is -2.09. The quantitative estimate of drug-likeness (QED) is 0.799.